The van der Waals surface area contributed by atoms with Crippen LogP contribution in [0.4, 0.5) is 11.4 Å². The normalized spacial score (nSPS) is 9.58. The molecule has 0 bridgehead atoms. The molecule has 2 heteroatoms. The molecule has 0 amide bonds. The maximum Gasteiger partial charge on any atom is 0.0576 e. The van der Waals surface area contributed by atoms with Crippen molar-refractivity contribution < 1.29 is 0 Å². The first-order valence-electron chi connectivity index (χ1n) is 4.30. The third kappa shape index (κ3) is 1.91. The molecule has 0 aliphatic heterocycles. The monoisotopic (exact) mass is 164 g/mol. The molecular weight excluding hydrogens is 148 g/mol. The van der Waals surface area contributed by atoms with Crippen LogP contribution in [0, 0.1) is 6.92 Å². The minimum Gasteiger partial charge on any atom is -0.386 e. The van der Waals surface area contributed by atoms with Crippen molar-refractivity contribution in [3.8, 4) is 0 Å². The molecule has 66 valence electrons. The molecule has 0 saturated heterocycles. The van der Waals surface area contributed by atoms with Crippen molar-refractivity contribution in [2.45, 2.75) is 13.8 Å². The van der Waals surface area contributed by atoms with Crippen LogP contribution in [0.5, 0.6) is 0 Å². The van der Waals surface area contributed by atoms with E-state index in [4.69, 9.17) is 0 Å². The Hall–Kier alpha value is -1.18. The fraction of sp³-hybridized carbons (Fsp3) is 0.400. The first-order chi connectivity index (χ1) is 5.77. The zero-order valence-electron chi connectivity index (χ0n) is 7.94. The summed E-state index contributed by atoms with van der Waals surface area (Å²) in [4.78, 5) is 0. The van der Waals surface area contributed by atoms with Gasteiger partial charge in [-0.25, -0.2) is 0 Å². The van der Waals surface area contributed by atoms with Gasteiger partial charge in [0.15, 0.2) is 0 Å². The summed E-state index contributed by atoms with van der Waals surface area (Å²) in [5, 5.41) is 6.45. The molecule has 0 radical (unpaired) electrons. The first kappa shape index (κ1) is 8.91. The molecule has 0 atom stereocenters. The third-order valence-electron chi connectivity index (χ3n) is 1.81. The van der Waals surface area contributed by atoms with E-state index in [0.29, 0.717) is 0 Å². The van der Waals surface area contributed by atoms with Gasteiger partial charge in [0.05, 0.1) is 11.4 Å². The second-order valence-corrected chi connectivity index (χ2v) is 2.83. The lowest BCUT2D eigenvalue weighted by molar-refractivity contribution is 1.21. The first-order valence-corrected chi connectivity index (χ1v) is 4.30. The molecule has 12 heavy (non-hydrogen) atoms. The summed E-state index contributed by atoms with van der Waals surface area (Å²) in [5.41, 5.74) is 3.61. The van der Waals surface area contributed by atoms with E-state index in [1.165, 1.54) is 11.3 Å². The Bertz CT molecular complexity index is 256. The molecule has 0 saturated carbocycles. The van der Waals surface area contributed by atoms with Gasteiger partial charge >= 0.3 is 0 Å². The molecule has 0 aromatic heterocycles. The van der Waals surface area contributed by atoms with Gasteiger partial charge in [0.1, 0.15) is 0 Å². The van der Waals surface area contributed by atoms with Crippen LogP contribution in [0.3, 0.4) is 0 Å². The average molecular weight is 164 g/mol. The minimum absolute atomic E-state index is 0.956. The maximum absolute atomic E-state index is 3.29. The second-order valence-electron chi connectivity index (χ2n) is 2.83. The van der Waals surface area contributed by atoms with E-state index in [9.17, 15) is 0 Å². The molecular formula is C10H16N2. The Balaban J connectivity index is 2.94. The topological polar surface area (TPSA) is 24.1 Å². The van der Waals surface area contributed by atoms with Crippen LogP contribution in [0.1, 0.15) is 12.5 Å². The number of hydrogen-bond donors (Lipinski definition) is 2. The number of aryl methyl sites for hydroxylation is 1. The van der Waals surface area contributed by atoms with E-state index in [-0.39, 0.29) is 0 Å². The number of anilines is 2. The summed E-state index contributed by atoms with van der Waals surface area (Å²) in [7, 11) is 1.94. The highest BCUT2D eigenvalue weighted by atomic mass is 14.9. The molecule has 2 N–H and O–H groups in total. The average Bonchev–Trinajstić information content (AvgIpc) is 2.08. The molecule has 1 rings (SSSR count). The molecule has 0 heterocycles. The predicted molar refractivity (Wildman–Crippen MR) is 54.9 cm³/mol. The van der Waals surface area contributed by atoms with Crippen molar-refractivity contribution in [1.82, 2.24) is 0 Å². The van der Waals surface area contributed by atoms with Crippen LogP contribution in [0.15, 0.2) is 18.2 Å². The van der Waals surface area contributed by atoms with Crippen molar-refractivity contribution in [2.75, 3.05) is 24.2 Å². The summed E-state index contributed by atoms with van der Waals surface area (Å²) in [6.45, 7) is 5.15. The standard InChI is InChI=1S/C10H16N2/c1-4-12-9-6-5-8(2)7-10(9)11-3/h5-7,11-12H,4H2,1-3H3. The summed E-state index contributed by atoms with van der Waals surface area (Å²) < 4.78 is 0. The van der Waals surface area contributed by atoms with E-state index in [1.54, 1.807) is 0 Å². The molecule has 1 aromatic carbocycles. The second kappa shape index (κ2) is 4.00. The van der Waals surface area contributed by atoms with Gasteiger partial charge in [-0.1, -0.05) is 6.07 Å². The number of nitrogens with one attached hydrogen (secondary N) is 2. The smallest absolute Gasteiger partial charge is 0.0576 e. The van der Waals surface area contributed by atoms with Crippen LogP contribution < -0.4 is 10.6 Å². The number of hydrogen-bond acceptors (Lipinski definition) is 2. The fourth-order valence-corrected chi connectivity index (χ4v) is 1.21. The minimum atomic E-state index is 0.956. The highest BCUT2D eigenvalue weighted by molar-refractivity contribution is 5.69. The molecule has 0 unspecified atom stereocenters. The Morgan fingerprint density at radius 3 is 2.58 bits per heavy atom. The Kier molecular flexibility index (Phi) is 2.97. The van der Waals surface area contributed by atoms with E-state index in [0.717, 1.165) is 12.2 Å². The van der Waals surface area contributed by atoms with E-state index in [2.05, 4.69) is 42.7 Å². The maximum atomic E-state index is 3.29. The molecule has 0 spiro atoms. The van der Waals surface area contributed by atoms with Gasteiger partial charge in [-0.2, -0.15) is 0 Å². The van der Waals surface area contributed by atoms with Crippen LogP contribution >= 0.6 is 0 Å². The van der Waals surface area contributed by atoms with Gasteiger partial charge < -0.3 is 10.6 Å². The lowest BCUT2D eigenvalue weighted by Crippen LogP contribution is -2.01. The van der Waals surface area contributed by atoms with E-state index >= 15 is 0 Å². The van der Waals surface area contributed by atoms with Crippen molar-refractivity contribution in [3.63, 3.8) is 0 Å². The van der Waals surface area contributed by atoms with Gasteiger partial charge in [0, 0.05) is 13.6 Å². The van der Waals surface area contributed by atoms with Gasteiger partial charge in [0.25, 0.3) is 0 Å². The van der Waals surface area contributed by atoms with Crippen LogP contribution in [0.2, 0.25) is 0 Å². The quantitative estimate of drug-likeness (QED) is 0.717. The lowest BCUT2D eigenvalue weighted by atomic mass is 10.2. The van der Waals surface area contributed by atoms with Gasteiger partial charge in [0.2, 0.25) is 0 Å². The summed E-state index contributed by atoms with van der Waals surface area (Å²) >= 11 is 0. The van der Waals surface area contributed by atoms with E-state index < -0.39 is 0 Å². The van der Waals surface area contributed by atoms with Crippen molar-refractivity contribution >= 4 is 11.4 Å². The van der Waals surface area contributed by atoms with Crippen LogP contribution in [-0.4, -0.2) is 13.6 Å². The van der Waals surface area contributed by atoms with Gasteiger partial charge in [-0.05, 0) is 31.5 Å². The van der Waals surface area contributed by atoms with E-state index in [1.807, 2.05) is 7.05 Å². The number of rotatable bonds is 3. The largest absolute Gasteiger partial charge is 0.386 e. The number of benzene rings is 1. The lowest BCUT2D eigenvalue weighted by Gasteiger charge is -2.10. The van der Waals surface area contributed by atoms with Gasteiger partial charge in [-0.3, -0.25) is 0 Å². The summed E-state index contributed by atoms with van der Waals surface area (Å²) in [5.74, 6) is 0. The predicted octanol–water partition coefficient (Wildman–Crippen LogP) is 2.47. The van der Waals surface area contributed by atoms with Crippen LogP contribution in [0.25, 0.3) is 0 Å². The fourth-order valence-electron chi connectivity index (χ4n) is 1.21. The SMILES string of the molecule is CCNc1ccc(C)cc1NC. The molecule has 0 aliphatic rings. The highest BCUT2D eigenvalue weighted by Crippen LogP contribution is 2.21. The Labute approximate surface area is 74.0 Å². The summed E-state index contributed by atoms with van der Waals surface area (Å²) in [6.07, 6.45) is 0. The van der Waals surface area contributed by atoms with Crippen molar-refractivity contribution in [1.29, 1.82) is 0 Å². The molecule has 2 nitrogen and oxygen atoms in total. The van der Waals surface area contributed by atoms with Crippen molar-refractivity contribution in [2.24, 2.45) is 0 Å². The third-order valence-corrected chi connectivity index (χ3v) is 1.81. The molecule has 0 aliphatic carbocycles. The highest BCUT2D eigenvalue weighted by Gasteiger charge is 1.97. The van der Waals surface area contributed by atoms with Crippen molar-refractivity contribution in [3.05, 3.63) is 23.8 Å². The molecule has 0 fully saturated rings. The van der Waals surface area contributed by atoms with Crippen LogP contribution in [-0.2, 0) is 0 Å². The zero-order valence-corrected chi connectivity index (χ0v) is 7.94. The summed E-state index contributed by atoms with van der Waals surface area (Å²) in [6, 6.07) is 6.35. The van der Waals surface area contributed by atoms with Gasteiger partial charge in [-0.15, -0.1) is 0 Å². The Morgan fingerprint density at radius 1 is 1.25 bits per heavy atom. The Morgan fingerprint density at radius 2 is 2.00 bits per heavy atom. The molecule has 1 aromatic rings. The zero-order chi connectivity index (χ0) is 8.97.